The van der Waals surface area contributed by atoms with Gasteiger partial charge in [-0.1, -0.05) is 6.07 Å². The molecule has 1 amide bonds. The largest absolute Gasteiger partial charge is 0.339 e. The minimum Gasteiger partial charge on any atom is -0.339 e. The van der Waals surface area contributed by atoms with Crippen LogP contribution >= 0.6 is 22.9 Å². The zero-order valence-electron chi connectivity index (χ0n) is 9.07. The normalized spacial score (nSPS) is 10.7. The van der Waals surface area contributed by atoms with Crippen molar-refractivity contribution in [2.24, 2.45) is 0 Å². The van der Waals surface area contributed by atoms with E-state index in [1.807, 2.05) is 36.3 Å². The van der Waals surface area contributed by atoms with Gasteiger partial charge in [0, 0.05) is 23.3 Å². The van der Waals surface area contributed by atoms with Gasteiger partial charge < -0.3 is 4.90 Å². The Balaban J connectivity index is 2.56. The second-order valence-electron chi connectivity index (χ2n) is 3.63. The number of thiophene rings is 1. The van der Waals surface area contributed by atoms with Crippen molar-refractivity contribution in [2.75, 3.05) is 12.4 Å². The van der Waals surface area contributed by atoms with Crippen LogP contribution in [0.3, 0.4) is 0 Å². The molecule has 0 unspecified atom stereocenters. The van der Waals surface area contributed by atoms with Gasteiger partial charge in [0.05, 0.1) is 6.42 Å². The SMILES string of the molecule is CC(C)N(CCCl)C(=O)Cc1cccs1. The lowest BCUT2D eigenvalue weighted by Gasteiger charge is -2.25. The van der Waals surface area contributed by atoms with E-state index in [-0.39, 0.29) is 11.9 Å². The van der Waals surface area contributed by atoms with Crippen LogP contribution in [0.5, 0.6) is 0 Å². The second-order valence-corrected chi connectivity index (χ2v) is 5.04. The maximum absolute atomic E-state index is 11.9. The monoisotopic (exact) mass is 245 g/mol. The fraction of sp³-hybridized carbons (Fsp3) is 0.545. The summed E-state index contributed by atoms with van der Waals surface area (Å²) in [6, 6.07) is 4.17. The molecule has 0 aliphatic carbocycles. The first-order valence-electron chi connectivity index (χ1n) is 5.03. The van der Waals surface area contributed by atoms with Gasteiger partial charge >= 0.3 is 0 Å². The molecule has 84 valence electrons. The molecule has 0 aromatic carbocycles. The van der Waals surface area contributed by atoms with Crippen LogP contribution in [0.25, 0.3) is 0 Å². The lowest BCUT2D eigenvalue weighted by Crippen LogP contribution is -2.39. The highest BCUT2D eigenvalue weighted by Crippen LogP contribution is 2.12. The molecule has 0 saturated carbocycles. The highest BCUT2D eigenvalue weighted by Gasteiger charge is 2.16. The second kappa shape index (κ2) is 6.13. The number of nitrogens with zero attached hydrogens (tertiary/aromatic N) is 1. The van der Waals surface area contributed by atoms with E-state index < -0.39 is 0 Å². The highest BCUT2D eigenvalue weighted by molar-refractivity contribution is 7.10. The summed E-state index contributed by atoms with van der Waals surface area (Å²) in [7, 11) is 0. The zero-order chi connectivity index (χ0) is 11.3. The van der Waals surface area contributed by atoms with Gasteiger partial charge in [-0.3, -0.25) is 4.79 Å². The first kappa shape index (κ1) is 12.5. The van der Waals surface area contributed by atoms with Gasteiger partial charge in [-0.25, -0.2) is 0 Å². The maximum Gasteiger partial charge on any atom is 0.228 e. The fourth-order valence-corrected chi connectivity index (χ4v) is 2.30. The predicted octanol–water partition coefficient (Wildman–Crippen LogP) is 2.77. The Kier molecular flexibility index (Phi) is 5.12. The summed E-state index contributed by atoms with van der Waals surface area (Å²) in [4.78, 5) is 14.9. The number of halogens is 1. The number of alkyl halides is 1. The van der Waals surface area contributed by atoms with Gasteiger partial charge in [0.1, 0.15) is 0 Å². The molecular formula is C11H16ClNOS. The molecule has 4 heteroatoms. The van der Waals surface area contributed by atoms with Gasteiger partial charge in [-0.05, 0) is 25.3 Å². The van der Waals surface area contributed by atoms with Crippen LogP contribution in [0.2, 0.25) is 0 Å². The van der Waals surface area contributed by atoms with E-state index in [0.717, 1.165) is 4.88 Å². The number of hydrogen-bond acceptors (Lipinski definition) is 2. The Morgan fingerprint density at radius 3 is 2.80 bits per heavy atom. The van der Waals surface area contributed by atoms with E-state index in [4.69, 9.17) is 11.6 Å². The lowest BCUT2D eigenvalue weighted by molar-refractivity contribution is -0.131. The van der Waals surface area contributed by atoms with Crippen molar-refractivity contribution in [1.82, 2.24) is 4.90 Å². The molecule has 1 rings (SSSR count). The van der Waals surface area contributed by atoms with Crippen molar-refractivity contribution >= 4 is 28.8 Å². The summed E-state index contributed by atoms with van der Waals surface area (Å²) < 4.78 is 0. The topological polar surface area (TPSA) is 20.3 Å². The van der Waals surface area contributed by atoms with E-state index in [9.17, 15) is 4.79 Å². The first-order chi connectivity index (χ1) is 7.15. The van der Waals surface area contributed by atoms with Crippen molar-refractivity contribution in [3.8, 4) is 0 Å². The molecule has 0 aliphatic rings. The first-order valence-corrected chi connectivity index (χ1v) is 6.44. The van der Waals surface area contributed by atoms with Crippen molar-refractivity contribution in [3.05, 3.63) is 22.4 Å². The van der Waals surface area contributed by atoms with E-state index >= 15 is 0 Å². The van der Waals surface area contributed by atoms with Crippen LogP contribution in [0.15, 0.2) is 17.5 Å². The minimum absolute atomic E-state index is 0.160. The van der Waals surface area contributed by atoms with Crippen LogP contribution in [0.1, 0.15) is 18.7 Å². The molecule has 2 nitrogen and oxygen atoms in total. The summed E-state index contributed by atoms with van der Waals surface area (Å²) in [6.07, 6.45) is 0.493. The van der Waals surface area contributed by atoms with Crippen molar-refractivity contribution in [1.29, 1.82) is 0 Å². The van der Waals surface area contributed by atoms with Crippen molar-refractivity contribution in [3.63, 3.8) is 0 Å². The Morgan fingerprint density at radius 1 is 1.60 bits per heavy atom. The van der Waals surface area contributed by atoms with Crippen LogP contribution in [0.4, 0.5) is 0 Å². The standard InChI is InChI=1S/C11H16ClNOS/c1-9(2)13(6-5-12)11(14)8-10-4-3-7-15-10/h3-4,7,9H,5-6,8H2,1-2H3. The molecule has 0 spiro atoms. The average molecular weight is 246 g/mol. The van der Waals surface area contributed by atoms with Crippen molar-refractivity contribution < 1.29 is 4.79 Å². The predicted molar refractivity (Wildman–Crippen MR) is 65.6 cm³/mol. The van der Waals surface area contributed by atoms with E-state index in [1.165, 1.54) is 0 Å². The maximum atomic E-state index is 11.9. The third-order valence-corrected chi connectivity index (χ3v) is 3.22. The summed E-state index contributed by atoms with van der Waals surface area (Å²) in [5.41, 5.74) is 0. The average Bonchev–Trinajstić information content (AvgIpc) is 2.65. The molecule has 1 heterocycles. The van der Waals surface area contributed by atoms with E-state index in [1.54, 1.807) is 11.3 Å². The number of hydrogen-bond donors (Lipinski definition) is 0. The number of rotatable bonds is 5. The Morgan fingerprint density at radius 2 is 2.33 bits per heavy atom. The summed E-state index contributed by atoms with van der Waals surface area (Å²) >= 11 is 7.29. The van der Waals surface area contributed by atoms with E-state index in [0.29, 0.717) is 18.8 Å². The van der Waals surface area contributed by atoms with Gasteiger partial charge in [0.2, 0.25) is 5.91 Å². The number of carbonyl (C=O) groups excluding carboxylic acids is 1. The molecule has 0 bridgehead atoms. The third-order valence-electron chi connectivity index (χ3n) is 2.17. The summed E-state index contributed by atoms with van der Waals surface area (Å²) in [5.74, 6) is 0.655. The van der Waals surface area contributed by atoms with Gasteiger partial charge in [0.25, 0.3) is 0 Å². The molecule has 0 saturated heterocycles. The lowest BCUT2D eigenvalue weighted by atomic mass is 10.2. The summed E-state index contributed by atoms with van der Waals surface area (Å²) in [6.45, 7) is 4.65. The molecule has 0 atom stereocenters. The molecular weight excluding hydrogens is 230 g/mol. The van der Waals surface area contributed by atoms with Crippen LogP contribution in [0, 0.1) is 0 Å². The molecule has 0 fully saturated rings. The molecule has 0 aliphatic heterocycles. The van der Waals surface area contributed by atoms with Gasteiger partial charge in [-0.2, -0.15) is 0 Å². The van der Waals surface area contributed by atoms with E-state index in [2.05, 4.69) is 0 Å². The fourth-order valence-electron chi connectivity index (χ4n) is 1.43. The van der Waals surface area contributed by atoms with Gasteiger partial charge in [-0.15, -0.1) is 22.9 Å². The van der Waals surface area contributed by atoms with Crippen molar-refractivity contribution in [2.45, 2.75) is 26.3 Å². The molecule has 15 heavy (non-hydrogen) atoms. The van der Waals surface area contributed by atoms with Crippen LogP contribution in [-0.2, 0) is 11.2 Å². The zero-order valence-corrected chi connectivity index (χ0v) is 10.6. The minimum atomic E-state index is 0.160. The van der Waals surface area contributed by atoms with Crippen LogP contribution in [-0.4, -0.2) is 29.3 Å². The quantitative estimate of drug-likeness (QED) is 0.731. The molecule has 0 N–H and O–H groups in total. The summed E-state index contributed by atoms with van der Waals surface area (Å²) in [5, 5.41) is 1.99. The van der Waals surface area contributed by atoms with Gasteiger partial charge in [0.15, 0.2) is 0 Å². The molecule has 1 aromatic heterocycles. The smallest absolute Gasteiger partial charge is 0.228 e. The van der Waals surface area contributed by atoms with Crippen LogP contribution < -0.4 is 0 Å². The Bertz CT molecular complexity index is 298. The molecule has 0 radical (unpaired) electrons. The number of amides is 1. The Hall–Kier alpha value is -0.540. The highest BCUT2D eigenvalue weighted by atomic mass is 35.5. The third kappa shape index (κ3) is 3.84. The molecule has 1 aromatic rings. The number of carbonyl (C=O) groups is 1. The Labute approximate surface area is 99.9 Å².